The summed E-state index contributed by atoms with van der Waals surface area (Å²) in [5, 5.41) is 97.3. The van der Waals surface area contributed by atoms with Crippen molar-refractivity contribution in [2.45, 2.75) is 120 Å². The molecule has 0 aliphatic heterocycles. The number of para-hydroxylation sites is 2. The van der Waals surface area contributed by atoms with E-state index in [2.05, 4.69) is 9.47 Å². The fourth-order valence-corrected chi connectivity index (χ4v) is 1.31. The predicted octanol–water partition coefficient (Wildman–Crippen LogP) is 2.32. The molecule has 2 aromatic carbocycles. The van der Waals surface area contributed by atoms with E-state index in [4.69, 9.17) is 56.6 Å². The van der Waals surface area contributed by atoms with Crippen molar-refractivity contribution in [3.63, 3.8) is 0 Å². The molecule has 0 fully saturated rings. The molecule has 12 nitrogen and oxygen atoms in total. The molecule has 2 aromatic rings. The Kier molecular flexibility index (Phi) is 87.9. The van der Waals surface area contributed by atoms with Crippen molar-refractivity contribution in [3.05, 3.63) is 36.4 Å². The summed E-state index contributed by atoms with van der Waals surface area (Å²) in [4.78, 5) is 0. The van der Waals surface area contributed by atoms with Crippen LogP contribution < -0.4 is 50.3 Å². The Bertz CT molecular complexity index is 787. The summed E-state index contributed by atoms with van der Waals surface area (Å²) in [7, 11) is 2.71. The van der Waals surface area contributed by atoms with Gasteiger partial charge in [-0.15, -0.1) is 82.3 Å². The van der Waals surface area contributed by atoms with Gasteiger partial charge in [-0.25, -0.2) is 0 Å². The number of hydrogen-bond donors (Lipinski definition) is 2. The van der Waals surface area contributed by atoms with E-state index < -0.39 is 47.4 Å². The smallest absolute Gasteiger partial charge is 0.873 e. The zero-order valence-corrected chi connectivity index (χ0v) is 39.0. The third kappa shape index (κ3) is 117. The van der Waals surface area contributed by atoms with Crippen LogP contribution in [0.2, 0.25) is 0 Å². The van der Waals surface area contributed by atoms with Crippen LogP contribution in [0, 0.1) is 0 Å². The van der Waals surface area contributed by atoms with Gasteiger partial charge in [0.1, 0.15) is 11.5 Å². The maximum atomic E-state index is 10.8. The van der Waals surface area contributed by atoms with E-state index in [-0.39, 0.29) is 77.8 Å². The van der Waals surface area contributed by atoms with Crippen LogP contribution in [-0.4, -0.2) is 71.7 Å². The quantitative estimate of drug-likeness (QED) is 0.326. The summed E-state index contributed by atoms with van der Waals surface area (Å²) in [5.74, 6) is -2.01. The van der Waals surface area contributed by atoms with E-state index in [1.165, 1.54) is 50.6 Å². The van der Waals surface area contributed by atoms with Crippen LogP contribution in [0.1, 0.15) is 83.1 Å². The van der Waals surface area contributed by atoms with Gasteiger partial charge in [0.25, 0.3) is 0 Å². The van der Waals surface area contributed by atoms with Gasteiger partial charge in [0, 0.05) is 12.2 Å². The van der Waals surface area contributed by atoms with Crippen LogP contribution >= 0.6 is 46.4 Å². The van der Waals surface area contributed by atoms with Crippen molar-refractivity contribution < 1.29 is 104 Å². The van der Waals surface area contributed by atoms with Crippen LogP contribution in [0.25, 0.3) is 0 Å². The molecule has 52 heavy (non-hydrogen) atoms. The largest absolute Gasteiger partial charge is 4.00 e. The van der Waals surface area contributed by atoms with Gasteiger partial charge in [-0.3, -0.25) is 0 Å². The maximum absolute atomic E-state index is 10.8. The number of halogens is 4. The van der Waals surface area contributed by atoms with Gasteiger partial charge < -0.3 is 60.5 Å². The fourth-order valence-electron chi connectivity index (χ4n) is 1.31. The van der Waals surface area contributed by atoms with Crippen molar-refractivity contribution in [1.82, 2.24) is 0 Å². The Morgan fingerprint density at radius 1 is 0.481 bits per heavy atom. The molecule has 18 heteroatoms. The zero-order valence-electron chi connectivity index (χ0n) is 32.8. The average Bonchev–Trinajstić information content (AvgIpc) is 2.91. The molecule has 0 radical (unpaired) electrons. The number of aliphatic hydroxyl groups is 2. The molecule has 0 saturated carbocycles. The van der Waals surface area contributed by atoms with E-state index in [0.29, 0.717) is 0 Å². The first kappa shape index (κ1) is 76.3. The minimum atomic E-state index is -0.579. The molecule has 2 rings (SSSR count). The average molecular weight is 898 g/mol. The third-order valence-corrected chi connectivity index (χ3v) is 2.33. The molecule has 0 spiro atoms. The Morgan fingerprint density at radius 2 is 0.615 bits per heavy atom. The fraction of sp³-hybridized carbons (Fsp3) is 0.647. The van der Waals surface area contributed by atoms with Crippen molar-refractivity contribution in [1.29, 1.82) is 0 Å². The second-order valence-electron chi connectivity index (χ2n) is 10.2. The molecule has 0 aliphatic carbocycles. The molecule has 0 amide bonds. The Morgan fingerprint density at radius 3 is 0.712 bits per heavy atom. The maximum Gasteiger partial charge on any atom is 4.00 e. The molecule has 2 N–H and O–H groups in total. The number of alkyl halides is 4. The minimum absolute atomic E-state index is 0. The number of rotatable bonds is 2. The Hall–Kier alpha value is -0.411. The number of aliphatic hydroxyl groups excluding tert-OH is 2. The molecule has 0 aromatic heterocycles. The van der Waals surface area contributed by atoms with Crippen LogP contribution in [0.4, 0.5) is 0 Å². The summed E-state index contributed by atoms with van der Waals surface area (Å²) >= 11 is 19.1. The van der Waals surface area contributed by atoms with Gasteiger partial charge in [-0.1, -0.05) is 91.2 Å². The summed E-state index contributed by atoms with van der Waals surface area (Å²) in [5.41, 5.74) is 0. The summed E-state index contributed by atoms with van der Waals surface area (Å²) in [6, 6.07) is 8.33. The van der Waals surface area contributed by atoms with Gasteiger partial charge in [0.15, 0.2) is 0 Å². The Labute approximate surface area is 363 Å². The Balaban J connectivity index is -0.0000000490. The van der Waals surface area contributed by atoms with Gasteiger partial charge in [0.05, 0.1) is 24.9 Å². The first-order chi connectivity index (χ1) is 22.7. The van der Waals surface area contributed by atoms with Crippen LogP contribution in [-0.2, 0) is 43.4 Å². The van der Waals surface area contributed by atoms with Gasteiger partial charge >= 0.3 is 43.4 Å². The molecule has 0 saturated heterocycles. The van der Waals surface area contributed by atoms with Gasteiger partial charge in [-0.05, 0) is 39.8 Å². The van der Waals surface area contributed by atoms with E-state index in [1.807, 2.05) is 0 Å². The zero-order chi connectivity index (χ0) is 42.0. The summed E-state index contributed by atoms with van der Waals surface area (Å²) in [6.07, 6.45) is -2.00. The summed E-state index contributed by atoms with van der Waals surface area (Å²) < 4.78 is 9.23. The molecular formula is C34H60Cl4O12Ti2. The molecule has 0 atom stereocenters. The normalized spacial score (nSPS) is 8.42. The molecule has 0 heterocycles. The monoisotopic (exact) mass is 896 g/mol. The number of benzene rings is 2. The van der Waals surface area contributed by atoms with Crippen molar-refractivity contribution >= 4 is 46.4 Å². The summed E-state index contributed by atoms with van der Waals surface area (Å²) in [6.45, 7) is 19.8. The molecular weight excluding hydrogens is 838 g/mol. The number of hydrogen-bond acceptors (Lipinski definition) is 12. The third-order valence-electron chi connectivity index (χ3n) is 2.33. The van der Waals surface area contributed by atoms with E-state index in [0.717, 1.165) is 0 Å². The van der Waals surface area contributed by atoms with E-state index in [1.54, 1.807) is 83.1 Å². The molecule has 0 aliphatic rings. The first-order valence-electron chi connectivity index (χ1n) is 15.0. The number of ether oxygens (including phenoxy) is 2. The molecule has 304 valence electrons. The predicted molar refractivity (Wildman–Crippen MR) is 192 cm³/mol. The van der Waals surface area contributed by atoms with Crippen molar-refractivity contribution in [2.75, 3.05) is 24.9 Å². The second-order valence-corrected chi connectivity index (χ2v) is 11.8. The topological polar surface area (TPSA) is 243 Å². The van der Waals surface area contributed by atoms with Crippen LogP contribution in [0.5, 0.6) is 34.5 Å². The number of methoxy groups -OCH3 is 2. The SMILES string of the molecule is CC(C)O.CC(C)O.CC(C)[O-].CC(C)[O-].CC(C)[O-].CC(C)[O-].COc1cccc([O-])c1[O-].COc1cccc([O-])c1[O-].ClCCl.ClCCl.[Ti+4].[Ti+4]. The van der Waals surface area contributed by atoms with Crippen LogP contribution in [0.15, 0.2) is 36.4 Å². The van der Waals surface area contributed by atoms with Crippen molar-refractivity contribution in [3.8, 4) is 34.5 Å². The standard InChI is InChI=1S/2C7H8O3.2C3H8O.4C3H7O.2CH2Cl2.2Ti/c2*1-10-6-4-2-3-5(8)7(6)9;6*1-3(2)4;2*2-1-3;;/h2*2-4,8-9H,1H3;2*3-4H,1-2H3;4*3H,1-2H3;2*1H2;;/q;;;;4*-1;;;2*+4/p-4. The second kappa shape index (κ2) is 59.9. The van der Waals surface area contributed by atoms with Gasteiger partial charge in [-0.2, -0.15) is 0 Å². The van der Waals surface area contributed by atoms with Crippen LogP contribution in [0.3, 0.4) is 0 Å². The van der Waals surface area contributed by atoms with Gasteiger partial charge in [0.2, 0.25) is 0 Å². The first-order valence-corrected chi connectivity index (χ1v) is 17.1. The molecule has 0 unspecified atom stereocenters. The van der Waals surface area contributed by atoms with E-state index >= 15 is 0 Å². The minimum Gasteiger partial charge on any atom is -0.873 e. The molecule has 0 bridgehead atoms. The van der Waals surface area contributed by atoms with E-state index in [9.17, 15) is 40.9 Å². The van der Waals surface area contributed by atoms with Crippen molar-refractivity contribution in [2.24, 2.45) is 0 Å².